The second-order valence-electron chi connectivity index (χ2n) is 4.30. The molecule has 106 valence electrons. The first-order chi connectivity index (χ1) is 10.2. The van der Waals surface area contributed by atoms with E-state index in [1.807, 2.05) is 30.3 Å². The molecule has 2 heterocycles. The Hall–Kier alpha value is -2.48. The molecule has 0 fully saturated rings. The van der Waals surface area contributed by atoms with Crippen molar-refractivity contribution in [3.8, 4) is 0 Å². The van der Waals surface area contributed by atoms with Crippen molar-refractivity contribution in [2.45, 2.75) is 6.54 Å². The molecule has 2 N–H and O–H groups in total. The fourth-order valence-corrected chi connectivity index (χ4v) is 2.16. The third-order valence-corrected chi connectivity index (χ3v) is 3.37. The Kier molecular flexibility index (Phi) is 3.78. The number of hydrogen-bond acceptors (Lipinski definition) is 4. The van der Waals surface area contributed by atoms with Gasteiger partial charge in [-0.15, -0.1) is 5.10 Å². The molecule has 0 spiro atoms. The van der Waals surface area contributed by atoms with E-state index in [2.05, 4.69) is 41.5 Å². The van der Waals surface area contributed by atoms with Crippen LogP contribution in [0.5, 0.6) is 0 Å². The van der Waals surface area contributed by atoms with Gasteiger partial charge in [0.15, 0.2) is 0 Å². The summed E-state index contributed by atoms with van der Waals surface area (Å²) >= 11 is 3.23. The molecule has 8 heteroatoms. The van der Waals surface area contributed by atoms with E-state index in [1.165, 1.54) is 6.20 Å². The second kappa shape index (κ2) is 5.88. The van der Waals surface area contributed by atoms with E-state index in [1.54, 1.807) is 11.0 Å². The van der Waals surface area contributed by atoms with Crippen LogP contribution in [-0.2, 0) is 6.54 Å². The molecule has 0 bridgehead atoms. The van der Waals surface area contributed by atoms with Crippen molar-refractivity contribution in [2.75, 3.05) is 5.32 Å². The van der Waals surface area contributed by atoms with Crippen molar-refractivity contribution in [1.29, 1.82) is 0 Å². The van der Waals surface area contributed by atoms with E-state index >= 15 is 0 Å². The maximum atomic E-state index is 12.0. The first-order valence-electron chi connectivity index (χ1n) is 6.16. The van der Waals surface area contributed by atoms with Gasteiger partial charge in [0.2, 0.25) is 5.95 Å². The van der Waals surface area contributed by atoms with Crippen molar-refractivity contribution in [2.24, 2.45) is 0 Å². The molecule has 0 saturated heterocycles. The van der Waals surface area contributed by atoms with E-state index in [0.717, 1.165) is 5.56 Å². The molecule has 0 saturated carbocycles. The summed E-state index contributed by atoms with van der Waals surface area (Å²) in [5.41, 5.74) is 1.44. The van der Waals surface area contributed by atoms with Crippen molar-refractivity contribution in [3.63, 3.8) is 0 Å². The number of anilines is 1. The summed E-state index contributed by atoms with van der Waals surface area (Å²) in [7, 11) is 0. The molecule has 0 atom stereocenters. The summed E-state index contributed by atoms with van der Waals surface area (Å²) in [6.07, 6.45) is 3.08. The molecular weight excluding hydrogens is 336 g/mol. The molecule has 21 heavy (non-hydrogen) atoms. The number of hydrogen-bond donors (Lipinski definition) is 2. The molecular formula is C13H11BrN6O. The van der Waals surface area contributed by atoms with Gasteiger partial charge in [0.05, 0.1) is 17.2 Å². The van der Waals surface area contributed by atoms with Gasteiger partial charge < -0.3 is 0 Å². The Morgan fingerprint density at radius 3 is 2.86 bits per heavy atom. The number of amides is 1. The normalized spacial score (nSPS) is 10.5. The minimum Gasteiger partial charge on any atom is -0.288 e. The van der Waals surface area contributed by atoms with E-state index in [4.69, 9.17) is 0 Å². The summed E-state index contributed by atoms with van der Waals surface area (Å²) in [5.74, 6) is -0.103. The van der Waals surface area contributed by atoms with E-state index in [9.17, 15) is 4.79 Å². The molecule has 0 unspecified atom stereocenters. The first kappa shape index (κ1) is 13.5. The summed E-state index contributed by atoms with van der Waals surface area (Å²) in [5, 5.41) is 13.2. The van der Waals surface area contributed by atoms with Crippen molar-refractivity contribution in [1.82, 2.24) is 25.0 Å². The lowest BCUT2D eigenvalue weighted by atomic mass is 10.2. The summed E-state index contributed by atoms with van der Waals surface area (Å²) < 4.78 is 2.25. The maximum Gasteiger partial charge on any atom is 0.277 e. The smallest absolute Gasteiger partial charge is 0.277 e. The minimum absolute atomic E-state index is 0.248. The van der Waals surface area contributed by atoms with Crippen LogP contribution in [0, 0.1) is 0 Å². The first-order valence-corrected chi connectivity index (χ1v) is 6.95. The average Bonchev–Trinajstić information content (AvgIpc) is 3.09. The fraction of sp³-hybridized carbons (Fsp3) is 0.0769. The lowest BCUT2D eigenvalue weighted by molar-refractivity contribution is 0.102. The SMILES string of the molecule is O=C(Nc1ncn(Cc2ccccc2)n1)c1[nH]ncc1Br. The molecule has 3 rings (SSSR count). The number of nitrogens with zero attached hydrogens (tertiary/aromatic N) is 4. The third-order valence-electron chi connectivity index (χ3n) is 2.77. The number of benzene rings is 1. The zero-order valence-corrected chi connectivity index (χ0v) is 12.4. The van der Waals surface area contributed by atoms with Crippen LogP contribution in [0.15, 0.2) is 47.3 Å². The Morgan fingerprint density at radius 2 is 2.14 bits per heavy atom. The summed E-state index contributed by atoms with van der Waals surface area (Å²) in [6.45, 7) is 0.595. The van der Waals surface area contributed by atoms with Gasteiger partial charge in [-0.1, -0.05) is 30.3 Å². The highest BCUT2D eigenvalue weighted by Crippen LogP contribution is 2.13. The number of carbonyl (C=O) groups excluding carboxylic acids is 1. The van der Waals surface area contributed by atoms with Gasteiger partial charge in [-0.05, 0) is 21.5 Å². The highest BCUT2D eigenvalue weighted by molar-refractivity contribution is 9.10. The van der Waals surface area contributed by atoms with Crippen molar-refractivity contribution >= 4 is 27.8 Å². The van der Waals surface area contributed by atoms with Crippen LogP contribution in [0.1, 0.15) is 16.1 Å². The molecule has 0 aliphatic rings. The van der Waals surface area contributed by atoms with Gasteiger partial charge in [-0.2, -0.15) is 5.10 Å². The largest absolute Gasteiger partial charge is 0.288 e. The molecule has 3 aromatic rings. The molecule has 1 amide bonds. The standard InChI is InChI=1S/C13H11BrN6O/c14-10-6-16-18-11(10)12(21)17-13-15-8-20(19-13)7-9-4-2-1-3-5-9/h1-6,8H,7H2,(H,16,18)(H,17,19,21). The molecule has 2 aromatic heterocycles. The van der Waals surface area contributed by atoms with Crippen molar-refractivity contribution < 1.29 is 4.79 Å². The topological polar surface area (TPSA) is 88.5 Å². The van der Waals surface area contributed by atoms with Gasteiger partial charge in [-0.25, -0.2) is 9.67 Å². The van der Waals surface area contributed by atoms with E-state index in [-0.39, 0.29) is 11.9 Å². The fourth-order valence-electron chi connectivity index (χ4n) is 1.79. The lowest BCUT2D eigenvalue weighted by Crippen LogP contribution is -2.14. The molecule has 7 nitrogen and oxygen atoms in total. The van der Waals surface area contributed by atoms with E-state index < -0.39 is 0 Å². The van der Waals surface area contributed by atoms with Crippen molar-refractivity contribution in [3.05, 3.63) is 58.6 Å². The Morgan fingerprint density at radius 1 is 1.33 bits per heavy atom. The highest BCUT2D eigenvalue weighted by atomic mass is 79.9. The number of H-pyrrole nitrogens is 1. The Bertz CT molecular complexity index is 751. The van der Waals surface area contributed by atoms with Gasteiger partial charge in [-0.3, -0.25) is 15.2 Å². The van der Waals surface area contributed by atoms with Crippen LogP contribution >= 0.6 is 15.9 Å². The quantitative estimate of drug-likeness (QED) is 0.756. The monoisotopic (exact) mass is 346 g/mol. The van der Waals surface area contributed by atoms with Crippen LogP contribution in [0.3, 0.4) is 0 Å². The zero-order chi connectivity index (χ0) is 14.7. The number of aromatic nitrogens is 5. The Balaban J connectivity index is 1.68. The van der Waals surface area contributed by atoms with Gasteiger partial charge in [0.1, 0.15) is 12.0 Å². The molecule has 1 aromatic carbocycles. The number of rotatable bonds is 4. The number of carbonyl (C=O) groups is 1. The van der Waals surface area contributed by atoms with Crippen LogP contribution in [0.4, 0.5) is 5.95 Å². The number of nitrogens with one attached hydrogen (secondary N) is 2. The maximum absolute atomic E-state index is 12.0. The Labute approximate surface area is 128 Å². The van der Waals surface area contributed by atoms with Crippen LogP contribution in [0.2, 0.25) is 0 Å². The van der Waals surface area contributed by atoms with Gasteiger partial charge >= 0.3 is 0 Å². The summed E-state index contributed by atoms with van der Waals surface area (Å²) in [4.78, 5) is 16.0. The zero-order valence-electron chi connectivity index (χ0n) is 10.8. The second-order valence-corrected chi connectivity index (χ2v) is 5.15. The highest BCUT2D eigenvalue weighted by Gasteiger charge is 2.14. The summed E-state index contributed by atoms with van der Waals surface area (Å²) in [6, 6.07) is 9.89. The molecule has 0 aliphatic heterocycles. The number of halogens is 1. The van der Waals surface area contributed by atoms with Gasteiger partial charge in [0.25, 0.3) is 5.91 Å². The number of aromatic amines is 1. The van der Waals surface area contributed by atoms with Gasteiger partial charge in [0, 0.05) is 0 Å². The predicted molar refractivity (Wildman–Crippen MR) is 79.8 cm³/mol. The average molecular weight is 347 g/mol. The predicted octanol–water partition coefficient (Wildman–Crippen LogP) is 2.06. The van der Waals surface area contributed by atoms with E-state index in [0.29, 0.717) is 16.7 Å². The molecule has 0 aliphatic carbocycles. The van der Waals surface area contributed by atoms with Crippen LogP contribution < -0.4 is 5.32 Å². The minimum atomic E-state index is -0.350. The molecule has 0 radical (unpaired) electrons. The van der Waals surface area contributed by atoms with Crippen LogP contribution in [-0.4, -0.2) is 30.9 Å². The third kappa shape index (κ3) is 3.16. The lowest BCUT2D eigenvalue weighted by Gasteiger charge is -2.00. The van der Waals surface area contributed by atoms with Crippen LogP contribution in [0.25, 0.3) is 0 Å².